The summed E-state index contributed by atoms with van der Waals surface area (Å²) in [6.45, 7) is 0. The predicted molar refractivity (Wildman–Crippen MR) is 225 cm³/mol. The SMILES string of the molecule is c1ccc(-n2ccc3c2ccc2c4ccccc4n(-c4nc(-c5ccccn5)nc(-n5c6ccccc6c6ccc7c(ccn7-c7ccccc7)c65)n4)c23)cc1. The van der Waals surface area contributed by atoms with Gasteiger partial charge in [-0.3, -0.25) is 14.1 Å². The van der Waals surface area contributed by atoms with Gasteiger partial charge < -0.3 is 9.13 Å². The van der Waals surface area contributed by atoms with E-state index >= 15 is 0 Å². The number of benzene rings is 6. The average Bonchev–Trinajstić information content (AvgIpc) is 4.05. The van der Waals surface area contributed by atoms with Crippen molar-refractivity contribution < 1.29 is 0 Å². The van der Waals surface area contributed by atoms with Gasteiger partial charge in [-0.25, -0.2) is 0 Å². The molecule has 0 unspecified atom stereocenters. The van der Waals surface area contributed by atoms with Gasteiger partial charge in [0.05, 0.1) is 33.1 Å². The first kappa shape index (κ1) is 30.6. The molecule has 12 aromatic rings. The van der Waals surface area contributed by atoms with Crippen molar-refractivity contribution in [2.24, 2.45) is 0 Å². The minimum Gasteiger partial charge on any atom is -0.316 e. The van der Waals surface area contributed by atoms with Crippen LogP contribution >= 0.6 is 0 Å². The van der Waals surface area contributed by atoms with Gasteiger partial charge in [-0.2, -0.15) is 15.0 Å². The molecular weight excluding hydrogens is 689 g/mol. The lowest BCUT2D eigenvalue weighted by molar-refractivity contribution is 0.891. The molecule has 6 aromatic carbocycles. The highest BCUT2D eigenvalue weighted by molar-refractivity contribution is 6.19. The zero-order valence-electron chi connectivity index (χ0n) is 29.9. The van der Waals surface area contributed by atoms with Crippen LogP contribution in [0.4, 0.5) is 0 Å². The molecule has 0 atom stereocenters. The predicted octanol–water partition coefficient (Wildman–Crippen LogP) is 11.0. The van der Waals surface area contributed by atoms with Gasteiger partial charge in [-0.1, -0.05) is 91.0 Å². The number of fused-ring (bicyclic) bond motifs is 10. The van der Waals surface area contributed by atoms with Gasteiger partial charge in [0, 0.05) is 62.3 Å². The van der Waals surface area contributed by atoms with Crippen molar-refractivity contribution in [1.29, 1.82) is 0 Å². The van der Waals surface area contributed by atoms with Crippen LogP contribution < -0.4 is 0 Å². The van der Waals surface area contributed by atoms with Crippen LogP contribution in [0.1, 0.15) is 0 Å². The summed E-state index contributed by atoms with van der Waals surface area (Å²) in [5.41, 5.74) is 9.15. The normalized spacial score (nSPS) is 11.9. The second kappa shape index (κ2) is 11.8. The number of rotatable bonds is 5. The van der Waals surface area contributed by atoms with E-state index in [4.69, 9.17) is 19.9 Å². The topological polar surface area (TPSA) is 71.3 Å². The molecule has 0 saturated carbocycles. The Bertz CT molecular complexity index is 3250. The van der Waals surface area contributed by atoms with Crippen molar-refractivity contribution >= 4 is 65.4 Å². The van der Waals surface area contributed by atoms with Gasteiger partial charge >= 0.3 is 0 Å². The molecule has 262 valence electrons. The molecule has 0 aliphatic heterocycles. The molecule has 0 aliphatic rings. The molecule has 12 rings (SSSR count). The van der Waals surface area contributed by atoms with Crippen molar-refractivity contribution in [1.82, 2.24) is 38.2 Å². The van der Waals surface area contributed by atoms with Crippen LogP contribution in [-0.2, 0) is 0 Å². The Hall–Kier alpha value is -7.84. The molecule has 56 heavy (non-hydrogen) atoms. The van der Waals surface area contributed by atoms with E-state index in [0.29, 0.717) is 23.4 Å². The van der Waals surface area contributed by atoms with E-state index in [9.17, 15) is 0 Å². The first-order valence-corrected chi connectivity index (χ1v) is 18.7. The molecule has 8 heteroatoms. The van der Waals surface area contributed by atoms with E-state index in [1.807, 2.05) is 30.3 Å². The number of para-hydroxylation sites is 4. The fourth-order valence-corrected chi connectivity index (χ4v) is 8.56. The molecule has 6 heterocycles. The first-order chi connectivity index (χ1) is 27.8. The highest BCUT2D eigenvalue weighted by atomic mass is 15.3. The summed E-state index contributed by atoms with van der Waals surface area (Å²) in [6.07, 6.45) is 6.07. The number of nitrogens with zero attached hydrogens (tertiary/aromatic N) is 8. The maximum atomic E-state index is 5.45. The van der Waals surface area contributed by atoms with E-state index in [-0.39, 0.29) is 0 Å². The van der Waals surface area contributed by atoms with Crippen molar-refractivity contribution in [3.63, 3.8) is 0 Å². The quantitative estimate of drug-likeness (QED) is 0.178. The molecule has 6 aromatic heterocycles. The molecule has 0 fully saturated rings. The van der Waals surface area contributed by atoms with Crippen molar-refractivity contribution in [3.8, 4) is 34.8 Å². The van der Waals surface area contributed by atoms with E-state index in [2.05, 4.69) is 164 Å². The third-order valence-corrected chi connectivity index (χ3v) is 11.0. The average molecular weight is 719 g/mol. The van der Waals surface area contributed by atoms with Crippen LogP contribution in [0.25, 0.3) is 100 Å². The van der Waals surface area contributed by atoms with Crippen LogP contribution in [-0.4, -0.2) is 38.2 Å². The molecule has 0 aliphatic carbocycles. The van der Waals surface area contributed by atoms with Crippen molar-refractivity contribution in [3.05, 3.63) is 182 Å². The first-order valence-electron chi connectivity index (χ1n) is 18.7. The van der Waals surface area contributed by atoms with E-state index < -0.39 is 0 Å². The Morgan fingerprint density at radius 2 is 0.821 bits per heavy atom. The number of hydrogen-bond donors (Lipinski definition) is 0. The molecule has 0 amide bonds. The number of aromatic nitrogens is 8. The Morgan fingerprint density at radius 3 is 1.32 bits per heavy atom. The third-order valence-electron chi connectivity index (χ3n) is 11.0. The molecule has 0 saturated heterocycles. The largest absolute Gasteiger partial charge is 0.316 e. The summed E-state index contributed by atoms with van der Waals surface area (Å²) >= 11 is 0. The van der Waals surface area contributed by atoms with Crippen LogP contribution in [0.15, 0.2) is 182 Å². The Kier molecular flexibility index (Phi) is 6.47. The highest BCUT2D eigenvalue weighted by Crippen LogP contribution is 2.40. The van der Waals surface area contributed by atoms with Crippen molar-refractivity contribution in [2.45, 2.75) is 0 Å². The number of pyridine rings is 1. The summed E-state index contributed by atoms with van der Waals surface area (Å²) in [6, 6.07) is 57.0. The molecular formula is C48H30N8. The smallest absolute Gasteiger partial charge is 0.240 e. The summed E-state index contributed by atoms with van der Waals surface area (Å²) in [4.78, 5) is 20.7. The van der Waals surface area contributed by atoms with Crippen molar-refractivity contribution in [2.75, 3.05) is 0 Å². The van der Waals surface area contributed by atoms with E-state index in [0.717, 1.165) is 76.8 Å². The van der Waals surface area contributed by atoms with Crippen LogP contribution in [0.2, 0.25) is 0 Å². The molecule has 0 N–H and O–H groups in total. The molecule has 0 radical (unpaired) electrons. The molecule has 0 spiro atoms. The zero-order chi connectivity index (χ0) is 36.7. The van der Waals surface area contributed by atoms with Gasteiger partial charge in [0.2, 0.25) is 11.9 Å². The van der Waals surface area contributed by atoms with Crippen LogP contribution in [0, 0.1) is 0 Å². The molecule has 8 nitrogen and oxygen atoms in total. The lowest BCUT2D eigenvalue weighted by Gasteiger charge is -2.13. The summed E-state index contributed by atoms with van der Waals surface area (Å²) < 4.78 is 8.88. The van der Waals surface area contributed by atoms with E-state index in [1.165, 1.54) is 0 Å². The Labute approximate surface area is 319 Å². The highest BCUT2D eigenvalue weighted by Gasteiger charge is 2.23. The minimum atomic E-state index is 0.491. The maximum Gasteiger partial charge on any atom is 0.240 e. The van der Waals surface area contributed by atoms with E-state index in [1.54, 1.807) is 6.20 Å². The van der Waals surface area contributed by atoms with Gasteiger partial charge in [0.25, 0.3) is 0 Å². The lowest BCUT2D eigenvalue weighted by Crippen LogP contribution is -2.10. The Morgan fingerprint density at radius 1 is 0.339 bits per heavy atom. The van der Waals surface area contributed by atoms with Gasteiger partial charge in [-0.15, -0.1) is 0 Å². The standard InChI is InChI=1S/C48H30N8/c1-3-13-31(14-4-1)53-29-26-37-40(53)24-22-35-33-17-7-9-20-42(33)55(44(35)37)47-50-46(39-19-11-12-28-49-39)51-48(52-47)56-43-21-10-8-18-34(43)36-23-25-41-38(45(36)56)27-30-54(41)32-15-5-2-6-16-32/h1-30H. The fourth-order valence-electron chi connectivity index (χ4n) is 8.56. The third kappa shape index (κ3) is 4.41. The van der Waals surface area contributed by atoms with Crippen LogP contribution in [0.5, 0.6) is 0 Å². The second-order valence-corrected chi connectivity index (χ2v) is 14.0. The number of hydrogen-bond acceptors (Lipinski definition) is 4. The monoisotopic (exact) mass is 718 g/mol. The summed E-state index contributed by atoms with van der Waals surface area (Å²) in [7, 11) is 0. The van der Waals surface area contributed by atoms with Gasteiger partial charge in [0.1, 0.15) is 5.69 Å². The maximum absolute atomic E-state index is 5.45. The summed E-state index contributed by atoms with van der Waals surface area (Å²) in [5.74, 6) is 1.52. The molecule has 0 bridgehead atoms. The summed E-state index contributed by atoms with van der Waals surface area (Å²) in [5, 5.41) is 6.70. The fraction of sp³-hybridized carbons (Fsp3) is 0. The second-order valence-electron chi connectivity index (χ2n) is 14.0. The van der Waals surface area contributed by atoms with Gasteiger partial charge in [-0.05, 0) is 72.8 Å². The van der Waals surface area contributed by atoms with Crippen LogP contribution in [0.3, 0.4) is 0 Å². The Balaban J connectivity index is 1.20. The zero-order valence-corrected chi connectivity index (χ0v) is 29.9. The lowest BCUT2D eigenvalue weighted by atomic mass is 10.1. The minimum absolute atomic E-state index is 0.491. The van der Waals surface area contributed by atoms with Gasteiger partial charge in [0.15, 0.2) is 5.82 Å².